The van der Waals surface area contributed by atoms with Gasteiger partial charge in [0.2, 0.25) is 5.95 Å². The van der Waals surface area contributed by atoms with Crippen molar-refractivity contribution in [1.29, 1.82) is 0 Å². The first-order valence-electron chi connectivity index (χ1n) is 13.4. The molecule has 3 atom stereocenters. The van der Waals surface area contributed by atoms with Crippen LogP contribution in [0, 0.1) is 11.8 Å². The molecule has 3 N–H and O–H groups in total. The number of carbonyl (C=O) groups is 1. The maximum Gasteiger partial charge on any atom is 0.334 e. The van der Waals surface area contributed by atoms with Crippen LogP contribution in [0.15, 0.2) is 40.0 Å². The zero-order valence-corrected chi connectivity index (χ0v) is 22.3. The second-order valence-electron chi connectivity index (χ2n) is 10.8. The van der Waals surface area contributed by atoms with Gasteiger partial charge in [0.1, 0.15) is 10.7 Å². The standard InChI is InChI=1S/C27H35N5O4S/c1-3-36-25(34)18-4-5-19-20(14-28-22(19)16(18)2)17-6-11-32(12-7-17)26-29-21-8-13-37(35)23(21)24(30-26)31-27(15-33)9-10-27/h4-5,14,16-17,22,28,33H,3,6-13,15H2,1-2H3,(H,29,30,31). The summed E-state index contributed by atoms with van der Waals surface area (Å²) >= 11 is 0. The minimum atomic E-state index is -1.09. The molecule has 0 amide bonds. The third-order valence-electron chi connectivity index (χ3n) is 8.46. The Morgan fingerprint density at radius 3 is 2.76 bits per heavy atom. The van der Waals surface area contributed by atoms with Crippen LogP contribution in [0.25, 0.3) is 0 Å². The number of piperidine rings is 1. The normalized spacial score (nSPS) is 27.9. The molecule has 198 valence electrons. The Morgan fingerprint density at radius 1 is 1.27 bits per heavy atom. The minimum Gasteiger partial charge on any atom is -0.463 e. The van der Waals surface area contributed by atoms with E-state index in [1.165, 1.54) is 11.1 Å². The number of ether oxygens (including phenoxy) is 1. The summed E-state index contributed by atoms with van der Waals surface area (Å²) in [6.45, 7) is 6.02. The number of rotatable bonds is 7. The number of hydrogen-bond acceptors (Lipinski definition) is 9. The number of esters is 1. The molecule has 2 aliphatic carbocycles. The Kier molecular flexibility index (Phi) is 6.35. The van der Waals surface area contributed by atoms with E-state index in [1.54, 1.807) is 0 Å². The number of fused-ring (bicyclic) bond motifs is 2. The molecule has 0 bridgehead atoms. The highest BCUT2D eigenvalue weighted by atomic mass is 32.2. The van der Waals surface area contributed by atoms with Gasteiger partial charge in [-0.05, 0) is 49.7 Å². The zero-order valence-electron chi connectivity index (χ0n) is 21.5. The van der Waals surface area contributed by atoms with Gasteiger partial charge < -0.3 is 25.4 Å². The van der Waals surface area contributed by atoms with Crippen LogP contribution in [0.3, 0.4) is 0 Å². The van der Waals surface area contributed by atoms with E-state index >= 15 is 0 Å². The van der Waals surface area contributed by atoms with Gasteiger partial charge in [0.25, 0.3) is 0 Å². The molecule has 10 heteroatoms. The summed E-state index contributed by atoms with van der Waals surface area (Å²) < 4.78 is 17.9. The van der Waals surface area contributed by atoms with Gasteiger partial charge in [-0.3, -0.25) is 4.21 Å². The van der Waals surface area contributed by atoms with Crippen molar-refractivity contribution < 1.29 is 18.8 Å². The lowest BCUT2D eigenvalue weighted by atomic mass is 9.78. The lowest BCUT2D eigenvalue weighted by molar-refractivity contribution is -0.139. The Balaban J connectivity index is 1.17. The number of aliphatic hydroxyl groups excluding tert-OH is 1. The fourth-order valence-corrected chi connectivity index (χ4v) is 7.31. The van der Waals surface area contributed by atoms with Crippen molar-refractivity contribution in [3.05, 3.63) is 40.8 Å². The molecule has 3 aliphatic heterocycles. The number of hydrogen-bond donors (Lipinski definition) is 3. The quantitative estimate of drug-likeness (QED) is 0.461. The van der Waals surface area contributed by atoms with Gasteiger partial charge in [0, 0.05) is 43.0 Å². The van der Waals surface area contributed by atoms with E-state index in [0.29, 0.717) is 36.5 Å². The maximum atomic E-state index is 12.7. The van der Waals surface area contributed by atoms with Gasteiger partial charge in [-0.2, -0.15) is 4.98 Å². The number of nitrogens with zero attached hydrogens (tertiary/aromatic N) is 3. The van der Waals surface area contributed by atoms with Crippen molar-refractivity contribution in [2.24, 2.45) is 11.8 Å². The number of nitrogens with one attached hydrogen (secondary N) is 2. The van der Waals surface area contributed by atoms with Gasteiger partial charge in [0.05, 0.1) is 41.3 Å². The molecule has 4 heterocycles. The average molecular weight is 526 g/mol. The van der Waals surface area contributed by atoms with E-state index in [1.807, 2.05) is 13.0 Å². The molecule has 2 fully saturated rings. The number of carbonyl (C=O) groups excluding carboxylic acids is 1. The lowest BCUT2D eigenvalue weighted by Gasteiger charge is -2.34. The molecule has 1 saturated carbocycles. The van der Waals surface area contributed by atoms with E-state index < -0.39 is 10.8 Å². The fraction of sp³-hybridized carbons (Fsp3) is 0.593. The van der Waals surface area contributed by atoms with Crippen molar-refractivity contribution >= 4 is 28.5 Å². The van der Waals surface area contributed by atoms with Crippen LogP contribution < -0.4 is 15.5 Å². The molecule has 5 aliphatic rings. The van der Waals surface area contributed by atoms with Crippen molar-refractivity contribution in [3.63, 3.8) is 0 Å². The number of aromatic nitrogens is 2. The predicted octanol–water partition coefficient (Wildman–Crippen LogP) is 2.21. The van der Waals surface area contributed by atoms with E-state index in [0.717, 1.165) is 54.9 Å². The fourth-order valence-electron chi connectivity index (χ4n) is 6.00. The summed E-state index contributed by atoms with van der Waals surface area (Å²) in [4.78, 5) is 25.0. The maximum absolute atomic E-state index is 12.7. The van der Waals surface area contributed by atoms with Gasteiger partial charge in [-0.25, -0.2) is 9.78 Å². The summed E-state index contributed by atoms with van der Waals surface area (Å²) in [6.07, 6.45) is 10.6. The topological polar surface area (TPSA) is 117 Å². The van der Waals surface area contributed by atoms with E-state index in [9.17, 15) is 14.1 Å². The highest BCUT2D eigenvalue weighted by molar-refractivity contribution is 7.85. The molecular formula is C27H35N5O4S. The smallest absolute Gasteiger partial charge is 0.334 e. The molecule has 1 aromatic heterocycles. The van der Waals surface area contributed by atoms with Gasteiger partial charge in [0.15, 0.2) is 0 Å². The number of aryl methyl sites for hydroxylation is 1. The highest BCUT2D eigenvalue weighted by Crippen LogP contribution is 2.42. The molecule has 6 rings (SSSR count). The predicted molar refractivity (Wildman–Crippen MR) is 142 cm³/mol. The summed E-state index contributed by atoms with van der Waals surface area (Å²) in [5.74, 6) is 2.16. The molecule has 0 aromatic carbocycles. The summed E-state index contributed by atoms with van der Waals surface area (Å²) in [7, 11) is -1.09. The molecule has 1 saturated heterocycles. The first-order valence-corrected chi connectivity index (χ1v) is 14.7. The molecule has 37 heavy (non-hydrogen) atoms. The monoisotopic (exact) mass is 525 g/mol. The van der Waals surface area contributed by atoms with Gasteiger partial charge in [-0.15, -0.1) is 0 Å². The molecular weight excluding hydrogens is 490 g/mol. The second kappa shape index (κ2) is 9.54. The van der Waals surface area contributed by atoms with Crippen molar-refractivity contribution in [1.82, 2.24) is 15.3 Å². The molecule has 1 aromatic rings. The van der Waals surface area contributed by atoms with Crippen LogP contribution in [-0.2, 0) is 26.8 Å². The van der Waals surface area contributed by atoms with Crippen LogP contribution in [0.5, 0.6) is 0 Å². The zero-order chi connectivity index (χ0) is 25.7. The Morgan fingerprint density at radius 2 is 2.05 bits per heavy atom. The van der Waals surface area contributed by atoms with Crippen molar-refractivity contribution in [2.75, 3.05) is 42.3 Å². The summed E-state index contributed by atoms with van der Waals surface area (Å²) in [5.41, 5.74) is 3.88. The Labute approximate surface area is 219 Å². The van der Waals surface area contributed by atoms with Crippen LogP contribution in [0.4, 0.5) is 11.8 Å². The number of anilines is 2. The van der Waals surface area contributed by atoms with Gasteiger partial charge >= 0.3 is 5.97 Å². The van der Waals surface area contributed by atoms with Crippen LogP contribution >= 0.6 is 0 Å². The number of aliphatic hydroxyl groups is 1. The van der Waals surface area contributed by atoms with Gasteiger partial charge in [-0.1, -0.05) is 19.1 Å². The molecule has 3 unspecified atom stereocenters. The largest absolute Gasteiger partial charge is 0.463 e. The minimum absolute atomic E-state index is 0.0498. The lowest BCUT2D eigenvalue weighted by Crippen LogP contribution is -2.37. The third kappa shape index (κ3) is 4.37. The SMILES string of the molecule is CCOC(=O)C1=CC=C2C(C3CCN(c4nc5c(c(NC6(CO)CC6)n4)S(=O)CC5)CC3)=CNC2C1C. The van der Waals surface area contributed by atoms with E-state index in [2.05, 4.69) is 34.7 Å². The van der Waals surface area contributed by atoms with Crippen molar-refractivity contribution in [2.45, 2.75) is 62.4 Å². The Bertz CT molecular complexity index is 1230. The number of allylic oxidation sites excluding steroid dienone is 2. The van der Waals surface area contributed by atoms with E-state index in [4.69, 9.17) is 14.7 Å². The average Bonchev–Trinajstić information content (AvgIpc) is 3.37. The molecule has 0 spiro atoms. The van der Waals surface area contributed by atoms with Crippen LogP contribution in [0.1, 0.15) is 45.2 Å². The van der Waals surface area contributed by atoms with Crippen LogP contribution in [0.2, 0.25) is 0 Å². The first kappa shape index (κ1) is 24.6. The highest BCUT2D eigenvalue weighted by Gasteiger charge is 2.44. The third-order valence-corrected chi connectivity index (χ3v) is 9.92. The first-order chi connectivity index (χ1) is 17.9. The van der Waals surface area contributed by atoms with Crippen LogP contribution in [-0.4, -0.2) is 68.9 Å². The van der Waals surface area contributed by atoms with Crippen molar-refractivity contribution in [3.8, 4) is 0 Å². The summed E-state index contributed by atoms with van der Waals surface area (Å²) in [5, 5.41) is 16.8. The Hall–Kier alpha value is -2.72. The second-order valence-corrected chi connectivity index (χ2v) is 12.3. The molecule has 9 nitrogen and oxygen atoms in total. The molecule has 0 radical (unpaired) electrons. The summed E-state index contributed by atoms with van der Waals surface area (Å²) in [6, 6.07) is 0.105. The van der Waals surface area contributed by atoms with E-state index in [-0.39, 0.29) is 30.1 Å².